The van der Waals surface area contributed by atoms with Gasteiger partial charge in [-0.15, -0.1) is 0 Å². The van der Waals surface area contributed by atoms with Gasteiger partial charge in [0.25, 0.3) is 0 Å². The van der Waals surface area contributed by atoms with Crippen LogP contribution in [0, 0.1) is 0 Å². The van der Waals surface area contributed by atoms with Crippen LogP contribution in [-0.2, 0) is 20.0 Å². The van der Waals surface area contributed by atoms with E-state index in [0.29, 0.717) is 6.04 Å². The predicted octanol–water partition coefficient (Wildman–Crippen LogP) is 3.40. The zero-order chi connectivity index (χ0) is 13.0. The lowest BCUT2D eigenvalue weighted by Gasteiger charge is -2.15. The van der Waals surface area contributed by atoms with Gasteiger partial charge < -0.3 is 9.88 Å². The molecular formula is C15H19ClN2. The topological polar surface area (TPSA) is 17.0 Å². The molecule has 0 radical (unpaired) electrons. The fourth-order valence-electron chi connectivity index (χ4n) is 2.02. The number of nitrogens with zero attached hydrogens (tertiary/aromatic N) is 1. The molecule has 0 aliphatic carbocycles. The zero-order valence-electron chi connectivity index (χ0n) is 10.9. The lowest BCUT2D eigenvalue weighted by Crippen LogP contribution is -2.28. The normalized spacial score (nSPS) is 12.6. The summed E-state index contributed by atoms with van der Waals surface area (Å²) in [6.07, 6.45) is 3.01. The Bertz CT molecular complexity index is 505. The molecule has 1 aromatic carbocycles. The number of aryl methyl sites for hydroxylation is 1. The van der Waals surface area contributed by atoms with Gasteiger partial charge in [-0.1, -0.05) is 29.8 Å². The Hall–Kier alpha value is -1.25. The summed E-state index contributed by atoms with van der Waals surface area (Å²) in [6, 6.07) is 12.6. The smallest absolute Gasteiger partial charge is 0.0438 e. The highest BCUT2D eigenvalue weighted by Crippen LogP contribution is 2.16. The Balaban J connectivity index is 1.88. The minimum absolute atomic E-state index is 0.403. The average Bonchev–Trinajstić information content (AvgIpc) is 2.75. The van der Waals surface area contributed by atoms with E-state index < -0.39 is 0 Å². The first kappa shape index (κ1) is 13.2. The Morgan fingerprint density at radius 1 is 1.22 bits per heavy atom. The quantitative estimate of drug-likeness (QED) is 0.874. The van der Waals surface area contributed by atoms with Crippen LogP contribution in [0.25, 0.3) is 0 Å². The van der Waals surface area contributed by atoms with Gasteiger partial charge >= 0.3 is 0 Å². The monoisotopic (exact) mass is 262 g/mol. The summed E-state index contributed by atoms with van der Waals surface area (Å²) >= 11 is 6.16. The number of hydrogen-bond acceptors (Lipinski definition) is 1. The van der Waals surface area contributed by atoms with Crippen molar-refractivity contribution in [1.29, 1.82) is 0 Å². The molecule has 1 heterocycles. The Kier molecular flexibility index (Phi) is 4.45. The highest BCUT2D eigenvalue weighted by molar-refractivity contribution is 6.31. The van der Waals surface area contributed by atoms with Gasteiger partial charge in [-0.2, -0.15) is 0 Å². The number of benzene rings is 1. The lowest BCUT2D eigenvalue weighted by atomic mass is 10.1. The number of hydrogen-bond donors (Lipinski definition) is 1. The number of nitrogens with one attached hydrogen (secondary N) is 1. The molecule has 18 heavy (non-hydrogen) atoms. The molecule has 1 unspecified atom stereocenters. The van der Waals surface area contributed by atoms with Gasteiger partial charge in [-0.05, 0) is 37.1 Å². The van der Waals surface area contributed by atoms with E-state index in [2.05, 4.69) is 48.3 Å². The first-order valence-electron chi connectivity index (χ1n) is 6.24. The molecule has 0 spiro atoms. The molecule has 0 fully saturated rings. The molecule has 1 N–H and O–H groups in total. The first-order chi connectivity index (χ1) is 8.66. The van der Waals surface area contributed by atoms with Crippen molar-refractivity contribution in [3.8, 4) is 0 Å². The minimum atomic E-state index is 0.403. The molecule has 0 bridgehead atoms. The first-order valence-corrected chi connectivity index (χ1v) is 6.61. The predicted molar refractivity (Wildman–Crippen MR) is 76.9 cm³/mol. The van der Waals surface area contributed by atoms with Crippen LogP contribution in [-0.4, -0.2) is 10.6 Å². The maximum atomic E-state index is 6.16. The number of aromatic nitrogens is 1. The Morgan fingerprint density at radius 3 is 2.67 bits per heavy atom. The summed E-state index contributed by atoms with van der Waals surface area (Å²) in [5, 5.41) is 4.37. The Morgan fingerprint density at radius 2 is 2.00 bits per heavy atom. The summed E-state index contributed by atoms with van der Waals surface area (Å²) in [5.74, 6) is 0. The van der Waals surface area contributed by atoms with E-state index in [4.69, 9.17) is 11.6 Å². The lowest BCUT2D eigenvalue weighted by molar-refractivity contribution is 0.533. The molecule has 2 nitrogen and oxygen atoms in total. The van der Waals surface area contributed by atoms with Crippen molar-refractivity contribution in [2.45, 2.75) is 25.9 Å². The van der Waals surface area contributed by atoms with Crippen LogP contribution in [0.3, 0.4) is 0 Å². The van der Waals surface area contributed by atoms with Gasteiger partial charge in [0.1, 0.15) is 0 Å². The molecule has 0 aliphatic rings. The van der Waals surface area contributed by atoms with E-state index in [9.17, 15) is 0 Å². The standard InChI is InChI=1S/C15H19ClN2/c1-12(10-13-6-3-4-8-15(13)16)17-11-14-7-5-9-18(14)2/h3-9,12,17H,10-11H2,1-2H3. The zero-order valence-corrected chi connectivity index (χ0v) is 11.6. The summed E-state index contributed by atoms with van der Waals surface area (Å²) in [6.45, 7) is 3.07. The van der Waals surface area contributed by atoms with Crippen LogP contribution in [0.4, 0.5) is 0 Å². The summed E-state index contributed by atoms with van der Waals surface area (Å²) in [4.78, 5) is 0. The van der Waals surface area contributed by atoms with E-state index in [1.807, 2.05) is 18.2 Å². The summed E-state index contributed by atoms with van der Waals surface area (Å²) < 4.78 is 2.13. The number of rotatable bonds is 5. The largest absolute Gasteiger partial charge is 0.353 e. The SMILES string of the molecule is CC(Cc1ccccc1Cl)NCc1cccn1C. The van der Waals surface area contributed by atoms with Crippen LogP contribution >= 0.6 is 11.6 Å². The van der Waals surface area contributed by atoms with Crippen LogP contribution < -0.4 is 5.32 Å². The molecule has 0 amide bonds. The fraction of sp³-hybridized carbons (Fsp3) is 0.333. The molecule has 0 saturated heterocycles. The average molecular weight is 263 g/mol. The number of halogens is 1. The summed E-state index contributed by atoms with van der Waals surface area (Å²) in [7, 11) is 2.07. The second-order valence-corrected chi connectivity index (χ2v) is 5.10. The van der Waals surface area contributed by atoms with E-state index >= 15 is 0 Å². The van der Waals surface area contributed by atoms with Gasteiger partial charge in [-0.3, -0.25) is 0 Å². The second-order valence-electron chi connectivity index (χ2n) is 4.69. The second kappa shape index (κ2) is 6.07. The fourth-order valence-corrected chi connectivity index (χ4v) is 2.24. The van der Waals surface area contributed by atoms with Crippen LogP contribution in [0.15, 0.2) is 42.6 Å². The van der Waals surface area contributed by atoms with E-state index in [-0.39, 0.29) is 0 Å². The van der Waals surface area contributed by atoms with Crippen molar-refractivity contribution in [3.63, 3.8) is 0 Å². The van der Waals surface area contributed by atoms with Gasteiger partial charge in [0.2, 0.25) is 0 Å². The van der Waals surface area contributed by atoms with E-state index in [0.717, 1.165) is 18.0 Å². The van der Waals surface area contributed by atoms with Gasteiger partial charge in [0.15, 0.2) is 0 Å². The van der Waals surface area contributed by atoms with Gasteiger partial charge in [-0.25, -0.2) is 0 Å². The summed E-state index contributed by atoms with van der Waals surface area (Å²) in [5.41, 5.74) is 2.49. The Labute approximate surface area is 114 Å². The van der Waals surface area contributed by atoms with Gasteiger partial charge in [0, 0.05) is 36.5 Å². The third-order valence-corrected chi connectivity index (χ3v) is 3.54. The third-order valence-electron chi connectivity index (χ3n) is 3.17. The molecule has 3 heteroatoms. The molecule has 96 valence electrons. The molecule has 2 rings (SSSR count). The highest BCUT2D eigenvalue weighted by Gasteiger charge is 2.06. The molecule has 2 aromatic rings. The van der Waals surface area contributed by atoms with Crippen molar-refractivity contribution in [2.24, 2.45) is 7.05 Å². The molecular weight excluding hydrogens is 244 g/mol. The van der Waals surface area contributed by atoms with Crippen molar-refractivity contribution in [1.82, 2.24) is 9.88 Å². The highest BCUT2D eigenvalue weighted by atomic mass is 35.5. The third kappa shape index (κ3) is 3.37. The van der Waals surface area contributed by atoms with E-state index in [1.54, 1.807) is 0 Å². The molecule has 1 atom stereocenters. The van der Waals surface area contributed by atoms with Crippen molar-refractivity contribution < 1.29 is 0 Å². The van der Waals surface area contributed by atoms with Crippen molar-refractivity contribution in [3.05, 3.63) is 58.9 Å². The minimum Gasteiger partial charge on any atom is -0.353 e. The van der Waals surface area contributed by atoms with Gasteiger partial charge in [0.05, 0.1) is 0 Å². The van der Waals surface area contributed by atoms with Crippen LogP contribution in [0.2, 0.25) is 5.02 Å². The maximum absolute atomic E-state index is 6.16. The molecule has 1 aromatic heterocycles. The molecule has 0 saturated carbocycles. The van der Waals surface area contributed by atoms with Crippen LogP contribution in [0.1, 0.15) is 18.2 Å². The molecule has 0 aliphatic heterocycles. The van der Waals surface area contributed by atoms with Crippen molar-refractivity contribution in [2.75, 3.05) is 0 Å². The maximum Gasteiger partial charge on any atom is 0.0438 e. The van der Waals surface area contributed by atoms with Crippen molar-refractivity contribution >= 4 is 11.6 Å². The van der Waals surface area contributed by atoms with E-state index in [1.165, 1.54) is 11.3 Å². The van der Waals surface area contributed by atoms with Crippen LogP contribution in [0.5, 0.6) is 0 Å².